The van der Waals surface area contributed by atoms with Gasteiger partial charge in [-0.1, -0.05) is 6.07 Å². The van der Waals surface area contributed by atoms with Gasteiger partial charge in [-0.05, 0) is 37.5 Å². The van der Waals surface area contributed by atoms with E-state index in [0.29, 0.717) is 12.0 Å². The van der Waals surface area contributed by atoms with Gasteiger partial charge in [-0.25, -0.2) is 13.8 Å². The molecule has 0 aliphatic heterocycles. The van der Waals surface area contributed by atoms with Crippen molar-refractivity contribution in [3.05, 3.63) is 62.2 Å². The van der Waals surface area contributed by atoms with Crippen LogP contribution in [0.25, 0.3) is 5.69 Å². The summed E-state index contributed by atoms with van der Waals surface area (Å²) in [6.07, 6.45) is 2.26. The topological polar surface area (TPSA) is 54.9 Å². The summed E-state index contributed by atoms with van der Waals surface area (Å²) in [7, 11) is 0. The predicted molar refractivity (Wildman–Crippen MR) is 64.6 cm³/mol. The molecular weight excluding hydrogens is 235 g/mol. The molecule has 0 unspecified atom stereocenters. The predicted octanol–water partition coefficient (Wildman–Crippen LogP) is 1.15. The summed E-state index contributed by atoms with van der Waals surface area (Å²) in [6.45, 7) is 0. The fraction of sp³-hybridized carbons (Fsp3) is 0.231. The first-order valence-corrected chi connectivity index (χ1v) is 5.80. The van der Waals surface area contributed by atoms with Gasteiger partial charge in [0.2, 0.25) is 0 Å². The first-order chi connectivity index (χ1) is 8.66. The Morgan fingerprint density at radius 1 is 1.22 bits per heavy atom. The molecule has 0 bridgehead atoms. The second-order valence-electron chi connectivity index (χ2n) is 4.36. The van der Waals surface area contributed by atoms with E-state index in [0.717, 1.165) is 23.1 Å². The minimum absolute atomic E-state index is 0.260. The quantitative estimate of drug-likeness (QED) is 0.820. The second-order valence-corrected chi connectivity index (χ2v) is 4.36. The van der Waals surface area contributed by atoms with Crippen LogP contribution in [-0.2, 0) is 12.8 Å². The summed E-state index contributed by atoms with van der Waals surface area (Å²) in [5.41, 5.74) is 0.774. The van der Waals surface area contributed by atoms with Gasteiger partial charge in [-0.2, -0.15) is 0 Å². The highest BCUT2D eigenvalue weighted by atomic mass is 19.1. The van der Waals surface area contributed by atoms with E-state index >= 15 is 0 Å². The third-order valence-corrected chi connectivity index (χ3v) is 3.21. The molecule has 1 heterocycles. The van der Waals surface area contributed by atoms with Gasteiger partial charge in [-0.15, -0.1) is 0 Å². The molecule has 92 valence electrons. The summed E-state index contributed by atoms with van der Waals surface area (Å²) in [5.74, 6) is -0.473. The van der Waals surface area contributed by atoms with Crippen molar-refractivity contribution in [2.75, 3.05) is 0 Å². The van der Waals surface area contributed by atoms with Crippen molar-refractivity contribution in [2.45, 2.75) is 19.3 Å². The van der Waals surface area contributed by atoms with Crippen molar-refractivity contribution in [3.63, 3.8) is 0 Å². The number of aromatic nitrogens is 2. The molecule has 0 atom stereocenters. The molecule has 1 aliphatic rings. The standard InChI is InChI=1S/C13H11FN2O2/c14-8-3-1-4-9(7-8)16-12(17)10-5-2-6-11(10)15-13(16)18/h1,3-4,7H,2,5-6H2,(H,15,18). The van der Waals surface area contributed by atoms with Crippen LogP contribution in [0.2, 0.25) is 0 Å². The van der Waals surface area contributed by atoms with Gasteiger partial charge in [0, 0.05) is 11.3 Å². The molecule has 1 aromatic carbocycles. The fourth-order valence-electron chi connectivity index (χ4n) is 2.38. The van der Waals surface area contributed by atoms with Crippen molar-refractivity contribution < 1.29 is 4.39 Å². The van der Waals surface area contributed by atoms with E-state index in [9.17, 15) is 14.0 Å². The highest BCUT2D eigenvalue weighted by Crippen LogP contribution is 2.15. The number of benzene rings is 1. The number of aromatic amines is 1. The van der Waals surface area contributed by atoms with Crippen LogP contribution in [0.3, 0.4) is 0 Å². The van der Waals surface area contributed by atoms with Gasteiger partial charge in [0.1, 0.15) is 5.82 Å². The van der Waals surface area contributed by atoms with Crippen LogP contribution in [-0.4, -0.2) is 9.55 Å². The number of nitrogens with zero attached hydrogens (tertiary/aromatic N) is 1. The molecule has 1 aromatic heterocycles. The van der Waals surface area contributed by atoms with Gasteiger partial charge in [0.25, 0.3) is 5.56 Å². The summed E-state index contributed by atoms with van der Waals surface area (Å²) < 4.78 is 14.2. The highest BCUT2D eigenvalue weighted by molar-refractivity contribution is 5.34. The minimum atomic E-state index is -0.508. The molecule has 1 aliphatic carbocycles. The molecular formula is C13H11FN2O2. The Bertz CT molecular complexity index is 731. The Morgan fingerprint density at radius 2 is 2.06 bits per heavy atom. The molecule has 18 heavy (non-hydrogen) atoms. The normalized spacial score (nSPS) is 13.6. The van der Waals surface area contributed by atoms with E-state index in [1.54, 1.807) is 6.07 Å². The molecule has 4 nitrogen and oxygen atoms in total. The van der Waals surface area contributed by atoms with Gasteiger partial charge in [0.15, 0.2) is 0 Å². The van der Waals surface area contributed by atoms with Crippen molar-refractivity contribution >= 4 is 0 Å². The van der Waals surface area contributed by atoms with Crippen LogP contribution in [0.1, 0.15) is 17.7 Å². The van der Waals surface area contributed by atoms with Crippen LogP contribution < -0.4 is 11.2 Å². The molecule has 2 aromatic rings. The number of aryl methyl sites for hydroxylation is 1. The molecule has 3 rings (SSSR count). The van der Waals surface area contributed by atoms with E-state index in [1.165, 1.54) is 18.2 Å². The van der Waals surface area contributed by atoms with Gasteiger partial charge < -0.3 is 4.98 Å². The lowest BCUT2D eigenvalue weighted by Gasteiger charge is -2.07. The Hall–Kier alpha value is -2.17. The first-order valence-electron chi connectivity index (χ1n) is 5.80. The average Bonchev–Trinajstić information content (AvgIpc) is 2.77. The lowest BCUT2D eigenvalue weighted by molar-refractivity contribution is 0.625. The van der Waals surface area contributed by atoms with Crippen molar-refractivity contribution in [3.8, 4) is 5.69 Å². The monoisotopic (exact) mass is 246 g/mol. The smallest absolute Gasteiger partial charge is 0.310 e. The van der Waals surface area contributed by atoms with Crippen LogP contribution in [0.15, 0.2) is 33.9 Å². The Morgan fingerprint density at radius 3 is 2.83 bits per heavy atom. The summed E-state index contributed by atoms with van der Waals surface area (Å²) >= 11 is 0. The number of hydrogen-bond donors (Lipinski definition) is 1. The SMILES string of the molecule is O=c1[nH]c2c(c(=O)n1-c1cccc(F)c1)CCC2. The molecule has 0 amide bonds. The molecule has 0 spiro atoms. The summed E-state index contributed by atoms with van der Waals surface area (Å²) in [5, 5.41) is 0. The third kappa shape index (κ3) is 1.59. The maximum Gasteiger partial charge on any atom is 0.333 e. The molecule has 0 saturated heterocycles. The van der Waals surface area contributed by atoms with Crippen LogP contribution >= 0.6 is 0 Å². The van der Waals surface area contributed by atoms with E-state index in [2.05, 4.69) is 4.98 Å². The second kappa shape index (κ2) is 3.94. The number of halogens is 1. The van der Waals surface area contributed by atoms with E-state index in [4.69, 9.17) is 0 Å². The molecule has 0 radical (unpaired) electrons. The van der Waals surface area contributed by atoms with E-state index in [-0.39, 0.29) is 11.2 Å². The minimum Gasteiger partial charge on any atom is -0.310 e. The van der Waals surface area contributed by atoms with E-state index in [1.807, 2.05) is 0 Å². The Labute approximate surface area is 102 Å². The number of fused-ring (bicyclic) bond motifs is 1. The lowest BCUT2D eigenvalue weighted by Crippen LogP contribution is -2.36. The fourth-order valence-corrected chi connectivity index (χ4v) is 2.38. The Balaban J connectivity index is 2.31. The molecule has 1 N–H and O–H groups in total. The first kappa shape index (κ1) is 11.0. The number of H-pyrrole nitrogens is 1. The zero-order chi connectivity index (χ0) is 12.7. The lowest BCUT2D eigenvalue weighted by atomic mass is 10.2. The van der Waals surface area contributed by atoms with Gasteiger partial charge >= 0.3 is 5.69 Å². The van der Waals surface area contributed by atoms with Crippen LogP contribution in [0, 0.1) is 5.82 Å². The molecule has 5 heteroatoms. The molecule has 0 fully saturated rings. The number of nitrogens with one attached hydrogen (secondary N) is 1. The highest BCUT2D eigenvalue weighted by Gasteiger charge is 2.19. The van der Waals surface area contributed by atoms with Gasteiger partial charge in [0.05, 0.1) is 5.69 Å². The maximum absolute atomic E-state index is 13.2. The maximum atomic E-state index is 13.2. The van der Waals surface area contributed by atoms with Crippen LogP contribution in [0.4, 0.5) is 4.39 Å². The Kier molecular flexibility index (Phi) is 2.40. The zero-order valence-corrected chi connectivity index (χ0v) is 9.57. The number of hydrogen-bond acceptors (Lipinski definition) is 2. The summed E-state index contributed by atoms with van der Waals surface area (Å²) in [6, 6.07) is 5.47. The van der Waals surface area contributed by atoms with Crippen molar-refractivity contribution in [2.24, 2.45) is 0 Å². The zero-order valence-electron chi connectivity index (χ0n) is 9.57. The largest absolute Gasteiger partial charge is 0.333 e. The summed E-state index contributed by atoms with van der Waals surface area (Å²) in [4.78, 5) is 26.8. The molecule has 0 saturated carbocycles. The van der Waals surface area contributed by atoms with Crippen molar-refractivity contribution in [1.82, 2.24) is 9.55 Å². The van der Waals surface area contributed by atoms with Gasteiger partial charge in [-0.3, -0.25) is 4.79 Å². The number of rotatable bonds is 1. The van der Waals surface area contributed by atoms with E-state index < -0.39 is 11.5 Å². The van der Waals surface area contributed by atoms with Crippen molar-refractivity contribution in [1.29, 1.82) is 0 Å². The third-order valence-electron chi connectivity index (χ3n) is 3.21. The van der Waals surface area contributed by atoms with Crippen LogP contribution in [0.5, 0.6) is 0 Å². The average molecular weight is 246 g/mol.